The van der Waals surface area contributed by atoms with Crippen molar-refractivity contribution in [2.24, 2.45) is 0 Å². The minimum Gasteiger partial charge on any atom is -0.276 e. The zero-order valence-electron chi connectivity index (χ0n) is 11.0. The lowest BCUT2D eigenvalue weighted by Gasteiger charge is -2.05. The highest BCUT2D eigenvalue weighted by Crippen LogP contribution is 2.25. The van der Waals surface area contributed by atoms with E-state index in [0.717, 1.165) is 22.5 Å². The second kappa shape index (κ2) is 5.70. The number of nitrogens with zero attached hydrogens (tertiary/aromatic N) is 2. The van der Waals surface area contributed by atoms with Crippen molar-refractivity contribution in [3.63, 3.8) is 0 Å². The van der Waals surface area contributed by atoms with E-state index < -0.39 is 0 Å². The monoisotopic (exact) mass is 290 g/mol. The summed E-state index contributed by atoms with van der Waals surface area (Å²) in [5.74, 6) is 0. The summed E-state index contributed by atoms with van der Waals surface area (Å²) < 4.78 is -0.259. The Morgan fingerprint density at radius 1 is 0.905 bits per heavy atom. The molecule has 3 nitrogen and oxygen atoms in total. The van der Waals surface area contributed by atoms with Gasteiger partial charge in [0.1, 0.15) is 16.6 Å². The molecule has 0 unspecified atom stereocenters. The lowest BCUT2D eigenvalue weighted by molar-refractivity contribution is 1.33. The number of hydrogen-bond acceptors (Lipinski definition) is 4. The van der Waals surface area contributed by atoms with Crippen LogP contribution < -0.4 is 4.74 Å². The Labute approximate surface area is 125 Å². The van der Waals surface area contributed by atoms with E-state index in [2.05, 4.69) is 4.98 Å². The lowest BCUT2D eigenvalue weighted by atomic mass is 10.1. The summed E-state index contributed by atoms with van der Waals surface area (Å²) in [6.07, 6.45) is 0. The van der Waals surface area contributed by atoms with E-state index in [1.807, 2.05) is 66.7 Å². The zero-order chi connectivity index (χ0) is 14.7. The van der Waals surface area contributed by atoms with Crippen LogP contribution in [-0.2, 0) is 0 Å². The molecule has 4 heteroatoms. The highest BCUT2D eigenvalue weighted by atomic mass is 32.1. The van der Waals surface area contributed by atoms with Crippen molar-refractivity contribution in [1.82, 2.24) is 4.98 Å². The third-order valence-electron chi connectivity index (χ3n) is 3.02. The minimum atomic E-state index is -0.259. The molecule has 2 aromatic carbocycles. The molecule has 3 aromatic rings. The topological polar surface area (TPSA) is 53.8 Å². The van der Waals surface area contributed by atoms with Crippen LogP contribution in [0.25, 0.3) is 21.8 Å². The molecule has 0 aliphatic rings. The maximum absolute atomic E-state index is 12.2. The second-order valence-corrected chi connectivity index (χ2v) is 5.34. The van der Waals surface area contributed by atoms with Gasteiger partial charge in [-0.2, -0.15) is 5.26 Å². The highest BCUT2D eigenvalue weighted by molar-refractivity contribution is 7.12. The van der Waals surface area contributed by atoms with Crippen molar-refractivity contribution < 1.29 is 0 Å². The van der Waals surface area contributed by atoms with Gasteiger partial charge in [0.15, 0.2) is 0 Å². The van der Waals surface area contributed by atoms with Crippen LogP contribution in [0.1, 0.15) is 5.56 Å². The van der Waals surface area contributed by atoms with Gasteiger partial charge >= 0.3 is 0 Å². The molecule has 0 amide bonds. The van der Waals surface area contributed by atoms with Crippen LogP contribution in [0.2, 0.25) is 0 Å². The third kappa shape index (κ3) is 2.60. The maximum atomic E-state index is 12.2. The van der Waals surface area contributed by atoms with Crippen LogP contribution in [0.3, 0.4) is 0 Å². The Kier molecular flexibility index (Phi) is 3.59. The molecule has 0 N–H and O–H groups in total. The summed E-state index contributed by atoms with van der Waals surface area (Å²) in [7, 11) is 0. The van der Waals surface area contributed by atoms with E-state index in [0.29, 0.717) is 10.7 Å². The minimum absolute atomic E-state index is 0.103. The molecule has 100 valence electrons. The van der Waals surface area contributed by atoms with Crippen LogP contribution in [0, 0.1) is 11.3 Å². The molecule has 21 heavy (non-hydrogen) atoms. The normalized spacial score (nSPS) is 10.0. The van der Waals surface area contributed by atoms with Crippen LogP contribution in [0.4, 0.5) is 0 Å². The molecule has 0 atom stereocenters. The van der Waals surface area contributed by atoms with Gasteiger partial charge in [0.05, 0.1) is 5.69 Å². The zero-order valence-corrected chi connectivity index (χ0v) is 11.8. The summed E-state index contributed by atoms with van der Waals surface area (Å²) in [4.78, 5) is 16.7. The molecule has 0 aliphatic carbocycles. The second-order valence-electron chi connectivity index (χ2n) is 4.37. The van der Waals surface area contributed by atoms with Crippen molar-refractivity contribution in [3.05, 3.63) is 75.8 Å². The van der Waals surface area contributed by atoms with Crippen molar-refractivity contribution in [2.45, 2.75) is 0 Å². The fraction of sp³-hybridized carbons (Fsp3) is 0. The largest absolute Gasteiger partial charge is 0.276 e. The van der Waals surface area contributed by atoms with E-state index in [9.17, 15) is 10.1 Å². The number of aromatic nitrogens is 1. The maximum Gasteiger partial charge on any atom is 0.254 e. The highest BCUT2D eigenvalue weighted by Gasteiger charge is 2.14. The van der Waals surface area contributed by atoms with E-state index in [1.165, 1.54) is 0 Å². The van der Waals surface area contributed by atoms with Crippen LogP contribution >= 0.6 is 11.3 Å². The predicted octanol–water partition coefficient (Wildman–Crippen LogP) is 3.71. The first-order chi connectivity index (χ1) is 10.3. The molecule has 0 bridgehead atoms. The van der Waals surface area contributed by atoms with Gasteiger partial charge in [-0.25, -0.2) is 4.98 Å². The van der Waals surface area contributed by atoms with Gasteiger partial charge in [-0.15, -0.1) is 0 Å². The van der Waals surface area contributed by atoms with Crippen molar-refractivity contribution in [1.29, 1.82) is 5.26 Å². The van der Waals surface area contributed by atoms with Gasteiger partial charge in [0.25, 0.3) is 4.74 Å². The molecule has 0 radical (unpaired) electrons. The van der Waals surface area contributed by atoms with Crippen LogP contribution in [0.5, 0.6) is 0 Å². The molecule has 3 rings (SSSR count). The molecule has 0 aliphatic heterocycles. The lowest BCUT2D eigenvalue weighted by Crippen LogP contribution is -2.06. The standard InChI is InChI=1S/C17H10N2OS/c18-11-14-15(12-7-3-1-4-8-12)19-16(21-17(14)20)13-9-5-2-6-10-13/h1-10H. The Morgan fingerprint density at radius 2 is 1.48 bits per heavy atom. The first-order valence-corrected chi connectivity index (χ1v) is 7.17. The fourth-order valence-corrected chi connectivity index (χ4v) is 2.83. The average Bonchev–Trinajstić information content (AvgIpc) is 2.55. The van der Waals surface area contributed by atoms with E-state index in [4.69, 9.17) is 0 Å². The van der Waals surface area contributed by atoms with Gasteiger partial charge in [-0.1, -0.05) is 72.0 Å². The summed E-state index contributed by atoms with van der Waals surface area (Å²) in [6, 6.07) is 20.8. The molecule has 1 heterocycles. The number of rotatable bonds is 2. The Hall–Kier alpha value is -2.77. The fourth-order valence-electron chi connectivity index (χ4n) is 2.02. The van der Waals surface area contributed by atoms with E-state index in [-0.39, 0.29) is 10.3 Å². The molecular weight excluding hydrogens is 280 g/mol. The first-order valence-electron chi connectivity index (χ1n) is 6.35. The smallest absolute Gasteiger partial charge is 0.254 e. The summed E-state index contributed by atoms with van der Waals surface area (Å²) in [6.45, 7) is 0. The molecule has 0 spiro atoms. The van der Waals surface area contributed by atoms with Gasteiger partial charge in [0.2, 0.25) is 0 Å². The Bertz CT molecular complexity index is 865. The van der Waals surface area contributed by atoms with Gasteiger partial charge in [0, 0.05) is 11.1 Å². The van der Waals surface area contributed by atoms with Crippen molar-refractivity contribution in [2.75, 3.05) is 0 Å². The number of hydrogen-bond donors (Lipinski definition) is 0. The summed E-state index contributed by atoms with van der Waals surface area (Å²) in [5.41, 5.74) is 2.20. The van der Waals surface area contributed by atoms with Crippen LogP contribution in [0.15, 0.2) is 65.5 Å². The molecule has 1 aromatic heterocycles. The molecular formula is C17H10N2OS. The van der Waals surface area contributed by atoms with Gasteiger partial charge in [-0.05, 0) is 0 Å². The van der Waals surface area contributed by atoms with Crippen LogP contribution in [-0.4, -0.2) is 4.98 Å². The third-order valence-corrected chi connectivity index (χ3v) is 3.93. The quantitative estimate of drug-likeness (QED) is 0.723. The summed E-state index contributed by atoms with van der Waals surface area (Å²) >= 11 is 1.00. The van der Waals surface area contributed by atoms with Gasteiger partial charge < -0.3 is 0 Å². The predicted molar refractivity (Wildman–Crippen MR) is 84.0 cm³/mol. The van der Waals surface area contributed by atoms with Crippen molar-refractivity contribution >= 4 is 11.3 Å². The number of benzene rings is 2. The van der Waals surface area contributed by atoms with E-state index >= 15 is 0 Å². The van der Waals surface area contributed by atoms with E-state index in [1.54, 1.807) is 0 Å². The Balaban J connectivity index is 2.27. The average molecular weight is 290 g/mol. The number of nitriles is 1. The van der Waals surface area contributed by atoms with Gasteiger partial charge in [-0.3, -0.25) is 4.79 Å². The molecule has 0 fully saturated rings. The van der Waals surface area contributed by atoms with Crippen molar-refractivity contribution in [3.8, 4) is 27.9 Å². The first kappa shape index (κ1) is 13.2. The molecule has 0 saturated heterocycles. The summed E-state index contributed by atoms with van der Waals surface area (Å²) in [5, 5.41) is 9.86. The Morgan fingerprint density at radius 3 is 2.05 bits per heavy atom. The molecule has 0 saturated carbocycles. The SMILES string of the molecule is N#Cc1c(-c2ccccc2)nc(-c2ccccc2)sc1=O.